The molecule has 18 heavy (non-hydrogen) atoms. The molecule has 3 heteroatoms. The highest BCUT2D eigenvalue weighted by Crippen LogP contribution is 2.22. The van der Waals surface area contributed by atoms with E-state index in [1.54, 1.807) is 6.07 Å². The number of hydrogen-bond acceptors (Lipinski definition) is 2. The van der Waals surface area contributed by atoms with Gasteiger partial charge in [-0.3, -0.25) is 4.90 Å². The van der Waals surface area contributed by atoms with Crippen molar-refractivity contribution in [3.63, 3.8) is 0 Å². The lowest BCUT2D eigenvalue weighted by molar-refractivity contribution is 0.251. The number of aryl methyl sites for hydroxylation is 1. The summed E-state index contributed by atoms with van der Waals surface area (Å²) in [5.74, 6) is -0.102. The molecule has 0 aromatic heterocycles. The molecule has 2 unspecified atom stereocenters. The molecule has 98 valence electrons. The van der Waals surface area contributed by atoms with Crippen LogP contribution >= 0.6 is 0 Å². The third kappa shape index (κ3) is 2.57. The van der Waals surface area contributed by atoms with Gasteiger partial charge in [-0.15, -0.1) is 0 Å². The molecule has 0 saturated carbocycles. The maximum atomic E-state index is 13.2. The van der Waals surface area contributed by atoms with Crippen molar-refractivity contribution in [3.8, 4) is 0 Å². The van der Waals surface area contributed by atoms with Gasteiger partial charge in [-0.1, -0.05) is 12.1 Å². The van der Waals surface area contributed by atoms with Crippen molar-refractivity contribution < 1.29 is 4.39 Å². The van der Waals surface area contributed by atoms with Gasteiger partial charge in [0.05, 0.1) is 0 Å². The number of hydrogen-bond donors (Lipinski definition) is 1. The zero-order valence-electron chi connectivity index (χ0n) is 11.0. The lowest BCUT2D eigenvalue weighted by Gasteiger charge is -2.24. The molecule has 0 spiro atoms. The number of halogens is 1. The molecule has 0 amide bonds. The summed E-state index contributed by atoms with van der Waals surface area (Å²) in [6.07, 6.45) is 3.90. The van der Waals surface area contributed by atoms with Crippen LogP contribution in [0.2, 0.25) is 0 Å². The van der Waals surface area contributed by atoms with Gasteiger partial charge in [0.1, 0.15) is 5.82 Å². The first-order valence-corrected chi connectivity index (χ1v) is 6.94. The van der Waals surface area contributed by atoms with Crippen LogP contribution in [0.1, 0.15) is 30.4 Å². The van der Waals surface area contributed by atoms with Gasteiger partial charge in [-0.2, -0.15) is 0 Å². The quantitative estimate of drug-likeness (QED) is 0.865. The molecule has 1 N–H and O–H groups in total. The van der Waals surface area contributed by atoms with E-state index in [4.69, 9.17) is 0 Å². The monoisotopic (exact) mass is 248 g/mol. The fourth-order valence-electron chi connectivity index (χ4n) is 3.22. The van der Waals surface area contributed by atoms with E-state index >= 15 is 0 Å². The van der Waals surface area contributed by atoms with Gasteiger partial charge < -0.3 is 5.32 Å². The number of fused-ring (bicyclic) bond motifs is 2. The summed E-state index contributed by atoms with van der Waals surface area (Å²) in [5.41, 5.74) is 1.98. The topological polar surface area (TPSA) is 15.3 Å². The molecular weight excluding hydrogens is 227 g/mol. The van der Waals surface area contributed by atoms with Crippen molar-refractivity contribution in [2.75, 3.05) is 13.1 Å². The average Bonchev–Trinajstić information content (AvgIpc) is 2.68. The zero-order valence-corrected chi connectivity index (χ0v) is 11.0. The van der Waals surface area contributed by atoms with E-state index in [0.29, 0.717) is 6.04 Å². The van der Waals surface area contributed by atoms with Crippen molar-refractivity contribution in [1.29, 1.82) is 0 Å². The molecule has 2 bridgehead atoms. The van der Waals surface area contributed by atoms with Crippen LogP contribution in [0.15, 0.2) is 18.2 Å². The predicted molar refractivity (Wildman–Crippen MR) is 71.0 cm³/mol. The molecule has 2 atom stereocenters. The molecule has 2 saturated heterocycles. The van der Waals surface area contributed by atoms with Crippen LogP contribution in [-0.4, -0.2) is 30.1 Å². The molecular formula is C15H21FN2. The summed E-state index contributed by atoms with van der Waals surface area (Å²) in [7, 11) is 0. The second kappa shape index (κ2) is 4.98. The summed E-state index contributed by atoms with van der Waals surface area (Å²) in [5, 5.41) is 3.69. The molecule has 1 aromatic carbocycles. The second-order valence-electron chi connectivity index (χ2n) is 5.75. The van der Waals surface area contributed by atoms with Gasteiger partial charge in [0.2, 0.25) is 0 Å². The Labute approximate surface area is 108 Å². The van der Waals surface area contributed by atoms with Crippen LogP contribution in [0.4, 0.5) is 4.39 Å². The molecule has 0 aliphatic carbocycles. The summed E-state index contributed by atoms with van der Waals surface area (Å²) in [6, 6.07) is 6.88. The van der Waals surface area contributed by atoms with Crippen molar-refractivity contribution in [1.82, 2.24) is 10.2 Å². The number of benzene rings is 1. The molecule has 3 rings (SSSR count). The summed E-state index contributed by atoms with van der Waals surface area (Å²) >= 11 is 0. The van der Waals surface area contributed by atoms with Gasteiger partial charge >= 0.3 is 0 Å². The molecule has 2 aliphatic heterocycles. The first-order chi connectivity index (χ1) is 8.70. The molecule has 2 heterocycles. The van der Waals surface area contributed by atoms with Crippen LogP contribution in [-0.2, 0) is 6.54 Å². The highest BCUT2D eigenvalue weighted by Gasteiger charge is 2.28. The van der Waals surface area contributed by atoms with Crippen LogP contribution in [0.3, 0.4) is 0 Å². The average molecular weight is 248 g/mol. The Morgan fingerprint density at radius 2 is 2.11 bits per heavy atom. The van der Waals surface area contributed by atoms with E-state index in [9.17, 15) is 4.39 Å². The van der Waals surface area contributed by atoms with E-state index in [1.807, 2.05) is 19.1 Å². The minimum Gasteiger partial charge on any atom is -0.310 e. The SMILES string of the molecule is Cc1cc(CN2CCC3CCC(C2)N3)ccc1F. The van der Waals surface area contributed by atoms with Gasteiger partial charge in [-0.05, 0) is 43.4 Å². The Morgan fingerprint density at radius 1 is 1.28 bits per heavy atom. The zero-order chi connectivity index (χ0) is 12.5. The normalized spacial score (nSPS) is 28.3. The lowest BCUT2D eigenvalue weighted by Crippen LogP contribution is -2.34. The van der Waals surface area contributed by atoms with E-state index in [2.05, 4.69) is 10.2 Å². The standard InChI is InChI=1S/C15H21FN2/c1-11-8-12(2-5-15(11)16)9-18-7-6-13-3-4-14(10-18)17-13/h2,5,8,13-14,17H,3-4,6-7,9-10H2,1H3. The maximum absolute atomic E-state index is 13.2. The van der Waals surface area contributed by atoms with E-state index in [-0.39, 0.29) is 5.82 Å². The van der Waals surface area contributed by atoms with Gasteiger partial charge in [-0.25, -0.2) is 4.39 Å². The summed E-state index contributed by atoms with van der Waals surface area (Å²) < 4.78 is 13.2. The van der Waals surface area contributed by atoms with E-state index in [1.165, 1.54) is 24.8 Å². The second-order valence-corrected chi connectivity index (χ2v) is 5.75. The van der Waals surface area contributed by atoms with E-state index in [0.717, 1.165) is 31.2 Å². The van der Waals surface area contributed by atoms with E-state index < -0.39 is 0 Å². The van der Waals surface area contributed by atoms with Gasteiger partial charge in [0, 0.05) is 31.7 Å². The summed E-state index contributed by atoms with van der Waals surface area (Å²) in [6.45, 7) is 5.08. The maximum Gasteiger partial charge on any atom is 0.126 e. The number of nitrogens with zero attached hydrogens (tertiary/aromatic N) is 1. The van der Waals surface area contributed by atoms with Crippen molar-refractivity contribution in [3.05, 3.63) is 35.1 Å². The molecule has 2 fully saturated rings. The first-order valence-electron chi connectivity index (χ1n) is 6.94. The number of likely N-dealkylation sites (tertiary alicyclic amines) is 1. The molecule has 1 aromatic rings. The number of nitrogens with one attached hydrogen (secondary N) is 1. The fourth-order valence-corrected chi connectivity index (χ4v) is 3.22. The highest BCUT2D eigenvalue weighted by atomic mass is 19.1. The minimum atomic E-state index is -0.102. The molecule has 2 nitrogen and oxygen atoms in total. The van der Waals surface area contributed by atoms with Crippen LogP contribution in [0.5, 0.6) is 0 Å². The van der Waals surface area contributed by atoms with Crippen molar-refractivity contribution >= 4 is 0 Å². The molecule has 0 radical (unpaired) electrons. The largest absolute Gasteiger partial charge is 0.310 e. The Kier molecular flexibility index (Phi) is 3.35. The Balaban J connectivity index is 1.66. The minimum absolute atomic E-state index is 0.102. The lowest BCUT2D eigenvalue weighted by atomic mass is 10.1. The van der Waals surface area contributed by atoms with Crippen LogP contribution in [0.25, 0.3) is 0 Å². The highest BCUT2D eigenvalue weighted by molar-refractivity contribution is 5.23. The molecule has 2 aliphatic rings. The van der Waals surface area contributed by atoms with Crippen molar-refractivity contribution in [2.24, 2.45) is 0 Å². The third-order valence-corrected chi connectivity index (χ3v) is 4.24. The van der Waals surface area contributed by atoms with Gasteiger partial charge in [0.25, 0.3) is 0 Å². The van der Waals surface area contributed by atoms with Crippen LogP contribution < -0.4 is 5.32 Å². The first kappa shape index (κ1) is 12.1. The number of rotatable bonds is 2. The Bertz CT molecular complexity index is 433. The Hall–Kier alpha value is -0.930. The van der Waals surface area contributed by atoms with Crippen LogP contribution in [0, 0.1) is 12.7 Å². The van der Waals surface area contributed by atoms with Gasteiger partial charge in [0.15, 0.2) is 0 Å². The predicted octanol–water partition coefficient (Wildman–Crippen LogP) is 2.46. The fraction of sp³-hybridized carbons (Fsp3) is 0.600. The third-order valence-electron chi connectivity index (χ3n) is 4.24. The Morgan fingerprint density at radius 3 is 2.94 bits per heavy atom. The summed E-state index contributed by atoms with van der Waals surface area (Å²) in [4.78, 5) is 2.50. The smallest absolute Gasteiger partial charge is 0.126 e. The van der Waals surface area contributed by atoms with Crippen molar-refractivity contribution in [2.45, 2.75) is 44.8 Å².